The van der Waals surface area contributed by atoms with E-state index < -0.39 is 5.51 Å². The fourth-order valence-electron chi connectivity index (χ4n) is 3.03. The molecule has 0 amide bonds. The normalized spacial score (nSPS) is 18.9. The summed E-state index contributed by atoms with van der Waals surface area (Å²) in [4.78, 5) is 2.47. The van der Waals surface area contributed by atoms with E-state index in [1.165, 1.54) is 12.1 Å². The Kier molecular flexibility index (Phi) is 5.99. The first-order valence-corrected chi connectivity index (χ1v) is 8.46. The number of nitrogens with one attached hydrogen (secondary N) is 1. The van der Waals surface area contributed by atoms with Gasteiger partial charge in [0.15, 0.2) is 0 Å². The van der Waals surface area contributed by atoms with Crippen molar-refractivity contribution >= 4 is 11.8 Å². The molecule has 0 unspecified atom stereocenters. The Bertz CT molecular complexity index is 499. The van der Waals surface area contributed by atoms with Gasteiger partial charge in [-0.05, 0) is 29.5 Å². The first-order chi connectivity index (χ1) is 10.7. The SMILES string of the molecule is CC(C)(CO)[C@H](c1ccc(SC(F)(F)F)cc1)N1CCNCC1. The van der Waals surface area contributed by atoms with Gasteiger partial charge < -0.3 is 10.4 Å². The van der Waals surface area contributed by atoms with E-state index in [0.29, 0.717) is 0 Å². The quantitative estimate of drug-likeness (QED) is 0.801. The predicted octanol–water partition coefficient (Wildman–Crippen LogP) is 3.26. The molecule has 0 saturated carbocycles. The molecule has 7 heteroatoms. The van der Waals surface area contributed by atoms with Gasteiger partial charge in [-0.15, -0.1) is 0 Å². The zero-order valence-corrected chi connectivity index (χ0v) is 14.2. The smallest absolute Gasteiger partial charge is 0.396 e. The third-order valence-electron chi connectivity index (χ3n) is 4.09. The number of aliphatic hydroxyl groups excluding tert-OH is 1. The molecule has 2 rings (SSSR count). The van der Waals surface area contributed by atoms with Gasteiger partial charge in [-0.25, -0.2) is 0 Å². The Morgan fingerprint density at radius 3 is 2.22 bits per heavy atom. The fourth-order valence-corrected chi connectivity index (χ4v) is 3.57. The summed E-state index contributed by atoms with van der Waals surface area (Å²) in [6, 6.07) is 6.49. The van der Waals surface area contributed by atoms with Gasteiger partial charge in [-0.2, -0.15) is 13.2 Å². The number of hydrogen-bond donors (Lipinski definition) is 2. The minimum atomic E-state index is -4.27. The molecule has 0 bridgehead atoms. The van der Waals surface area contributed by atoms with Gasteiger partial charge in [0.25, 0.3) is 0 Å². The van der Waals surface area contributed by atoms with E-state index in [1.54, 1.807) is 12.1 Å². The zero-order chi connectivity index (χ0) is 17.1. The summed E-state index contributed by atoms with van der Waals surface area (Å²) in [5, 5.41) is 13.1. The largest absolute Gasteiger partial charge is 0.446 e. The van der Waals surface area contributed by atoms with Crippen LogP contribution in [-0.2, 0) is 0 Å². The van der Waals surface area contributed by atoms with Gasteiger partial charge in [0, 0.05) is 49.1 Å². The van der Waals surface area contributed by atoms with Gasteiger partial charge >= 0.3 is 5.51 Å². The maximum Gasteiger partial charge on any atom is 0.446 e. The summed E-state index contributed by atoms with van der Waals surface area (Å²) in [7, 11) is 0. The molecule has 1 atom stereocenters. The molecule has 0 radical (unpaired) electrons. The topological polar surface area (TPSA) is 35.5 Å². The second kappa shape index (κ2) is 7.42. The fraction of sp³-hybridized carbons (Fsp3) is 0.625. The Labute approximate surface area is 139 Å². The monoisotopic (exact) mass is 348 g/mol. The van der Waals surface area contributed by atoms with Gasteiger partial charge in [-0.3, -0.25) is 4.90 Å². The highest BCUT2D eigenvalue weighted by Crippen LogP contribution is 2.41. The van der Waals surface area contributed by atoms with E-state index in [9.17, 15) is 18.3 Å². The van der Waals surface area contributed by atoms with Crippen LogP contribution in [0, 0.1) is 5.41 Å². The average Bonchev–Trinajstić information content (AvgIpc) is 2.49. The van der Waals surface area contributed by atoms with Crippen LogP contribution >= 0.6 is 11.8 Å². The summed E-state index contributed by atoms with van der Waals surface area (Å²) in [6.45, 7) is 7.44. The summed E-state index contributed by atoms with van der Waals surface area (Å²) in [5.74, 6) is 0. The first kappa shape index (κ1) is 18.6. The van der Waals surface area contributed by atoms with Gasteiger partial charge in [0.1, 0.15) is 0 Å². The number of piperazine rings is 1. The van der Waals surface area contributed by atoms with Crippen molar-refractivity contribution in [1.82, 2.24) is 10.2 Å². The first-order valence-electron chi connectivity index (χ1n) is 7.64. The van der Waals surface area contributed by atoms with Crippen molar-refractivity contribution in [2.45, 2.75) is 30.3 Å². The summed E-state index contributed by atoms with van der Waals surface area (Å²) >= 11 is -0.103. The second-order valence-electron chi connectivity index (χ2n) is 6.45. The number of rotatable bonds is 5. The van der Waals surface area contributed by atoms with E-state index in [-0.39, 0.29) is 34.7 Å². The number of thioether (sulfide) groups is 1. The van der Waals surface area contributed by atoms with E-state index in [1.807, 2.05) is 13.8 Å². The van der Waals surface area contributed by atoms with Crippen LogP contribution in [0.2, 0.25) is 0 Å². The van der Waals surface area contributed by atoms with E-state index >= 15 is 0 Å². The maximum atomic E-state index is 12.4. The highest BCUT2D eigenvalue weighted by molar-refractivity contribution is 8.00. The number of nitrogens with zero attached hydrogens (tertiary/aromatic N) is 1. The molecular formula is C16H23F3N2OS. The number of aliphatic hydroxyl groups is 1. The lowest BCUT2D eigenvalue weighted by molar-refractivity contribution is -0.0328. The van der Waals surface area contributed by atoms with Crippen LogP contribution in [0.5, 0.6) is 0 Å². The average molecular weight is 348 g/mol. The van der Waals surface area contributed by atoms with Crippen LogP contribution in [0.1, 0.15) is 25.5 Å². The summed E-state index contributed by atoms with van der Waals surface area (Å²) in [5.41, 5.74) is -3.71. The Morgan fingerprint density at radius 1 is 1.17 bits per heavy atom. The van der Waals surface area contributed by atoms with E-state index in [0.717, 1.165) is 31.7 Å². The lowest BCUT2D eigenvalue weighted by Crippen LogP contribution is -2.49. The number of benzene rings is 1. The molecule has 1 aromatic carbocycles. The van der Waals surface area contributed by atoms with E-state index in [2.05, 4.69) is 10.2 Å². The lowest BCUT2D eigenvalue weighted by atomic mass is 9.80. The summed E-state index contributed by atoms with van der Waals surface area (Å²) < 4.78 is 37.3. The molecule has 0 aromatic heterocycles. The Balaban J connectivity index is 2.24. The molecule has 3 nitrogen and oxygen atoms in total. The highest BCUT2D eigenvalue weighted by atomic mass is 32.2. The molecule has 0 aliphatic carbocycles. The number of hydrogen-bond acceptors (Lipinski definition) is 4. The molecule has 0 spiro atoms. The third kappa shape index (κ3) is 5.11. The molecule has 1 fully saturated rings. The van der Waals surface area contributed by atoms with E-state index in [4.69, 9.17) is 0 Å². The molecule has 1 aliphatic rings. The molecule has 1 heterocycles. The molecule has 2 N–H and O–H groups in total. The van der Waals surface area contributed by atoms with Crippen molar-refractivity contribution in [1.29, 1.82) is 0 Å². The zero-order valence-electron chi connectivity index (χ0n) is 13.4. The van der Waals surface area contributed by atoms with Gasteiger partial charge in [-0.1, -0.05) is 26.0 Å². The van der Waals surface area contributed by atoms with Gasteiger partial charge in [0.05, 0.1) is 0 Å². The number of halogens is 3. The van der Waals surface area contributed by atoms with Crippen molar-refractivity contribution in [3.8, 4) is 0 Å². The molecule has 1 aliphatic heterocycles. The Hall–Kier alpha value is -0.760. The molecule has 1 saturated heterocycles. The molecule has 1 aromatic rings. The van der Waals surface area contributed by atoms with Crippen molar-refractivity contribution in [3.05, 3.63) is 29.8 Å². The third-order valence-corrected chi connectivity index (χ3v) is 4.83. The lowest BCUT2D eigenvalue weighted by Gasteiger charge is -2.43. The minimum Gasteiger partial charge on any atom is -0.396 e. The van der Waals surface area contributed by atoms with Crippen LogP contribution in [0.15, 0.2) is 29.2 Å². The molecule has 23 heavy (non-hydrogen) atoms. The van der Waals surface area contributed by atoms with Gasteiger partial charge in [0.2, 0.25) is 0 Å². The van der Waals surface area contributed by atoms with Crippen molar-refractivity contribution in [2.24, 2.45) is 5.41 Å². The minimum absolute atomic E-state index is 0.0145. The predicted molar refractivity (Wildman–Crippen MR) is 86.4 cm³/mol. The van der Waals surface area contributed by atoms with Crippen molar-refractivity contribution < 1.29 is 18.3 Å². The molecule has 130 valence electrons. The van der Waals surface area contributed by atoms with Crippen LogP contribution in [0.4, 0.5) is 13.2 Å². The van der Waals surface area contributed by atoms with Crippen LogP contribution in [0.3, 0.4) is 0 Å². The summed E-state index contributed by atoms with van der Waals surface area (Å²) in [6.07, 6.45) is 0. The Morgan fingerprint density at radius 2 is 1.74 bits per heavy atom. The van der Waals surface area contributed by atoms with Crippen molar-refractivity contribution in [3.63, 3.8) is 0 Å². The maximum absolute atomic E-state index is 12.4. The number of alkyl halides is 3. The second-order valence-corrected chi connectivity index (χ2v) is 7.59. The van der Waals surface area contributed by atoms with Crippen LogP contribution in [-0.4, -0.2) is 48.3 Å². The van der Waals surface area contributed by atoms with Crippen molar-refractivity contribution in [2.75, 3.05) is 32.8 Å². The highest BCUT2D eigenvalue weighted by Gasteiger charge is 2.36. The van der Waals surface area contributed by atoms with Crippen LogP contribution in [0.25, 0.3) is 0 Å². The molecular weight excluding hydrogens is 325 g/mol. The van der Waals surface area contributed by atoms with Crippen LogP contribution < -0.4 is 5.32 Å². The standard InChI is InChI=1S/C16H23F3N2OS/c1-15(2,11-22)14(21-9-7-20-8-10-21)12-3-5-13(6-4-12)23-16(17,18)19/h3-6,14,20,22H,7-11H2,1-2H3/t14-/m0/s1.